The van der Waals surface area contributed by atoms with E-state index in [9.17, 15) is 14.9 Å². The maximum atomic E-state index is 12.1. The first-order chi connectivity index (χ1) is 12.0. The Morgan fingerprint density at radius 3 is 2.80 bits per heavy atom. The van der Waals surface area contributed by atoms with E-state index in [1.54, 1.807) is 24.3 Å². The molecule has 2 aromatic rings. The van der Waals surface area contributed by atoms with Crippen molar-refractivity contribution in [3.05, 3.63) is 69.2 Å². The lowest BCUT2D eigenvalue weighted by molar-refractivity contribution is -0.384. The molecular formula is C18H17ClN2O4. The Hall–Kier alpha value is -2.86. The van der Waals surface area contributed by atoms with Gasteiger partial charge in [-0.25, -0.2) is 0 Å². The highest BCUT2D eigenvalue weighted by atomic mass is 35.5. The highest BCUT2D eigenvalue weighted by Crippen LogP contribution is 2.26. The topological polar surface area (TPSA) is 81.5 Å². The SMILES string of the molecule is CCCOc1ccccc1NC(=O)/C=C/c1ccc(Cl)c([N+](=O)[O-])c1. The number of nitro groups is 1. The maximum absolute atomic E-state index is 12.1. The van der Waals surface area contributed by atoms with Crippen LogP contribution in [0.15, 0.2) is 48.5 Å². The first kappa shape index (κ1) is 18.5. The van der Waals surface area contributed by atoms with Crippen LogP contribution in [0.1, 0.15) is 18.9 Å². The van der Waals surface area contributed by atoms with Crippen LogP contribution in [0.3, 0.4) is 0 Å². The molecule has 25 heavy (non-hydrogen) atoms. The highest BCUT2D eigenvalue weighted by molar-refractivity contribution is 6.32. The van der Waals surface area contributed by atoms with Crippen molar-refractivity contribution in [1.82, 2.24) is 0 Å². The summed E-state index contributed by atoms with van der Waals surface area (Å²) in [5.74, 6) is 0.221. The Kier molecular flexibility index (Phi) is 6.54. The molecule has 0 fully saturated rings. The van der Waals surface area contributed by atoms with Crippen LogP contribution in [0.5, 0.6) is 5.75 Å². The van der Waals surface area contributed by atoms with Crippen molar-refractivity contribution in [2.45, 2.75) is 13.3 Å². The molecule has 0 saturated heterocycles. The van der Waals surface area contributed by atoms with Gasteiger partial charge in [-0.15, -0.1) is 0 Å². The van der Waals surface area contributed by atoms with Gasteiger partial charge in [0.25, 0.3) is 5.69 Å². The normalized spacial score (nSPS) is 10.6. The average molecular weight is 361 g/mol. The monoisotopic (exact) mass is 360 g/mol. The number of rotatable bonds is 7. The molecule has 0 unspecified atom stereocenters. The third kappa shape index (κ3) is 5.32. The van der Waals surface area contributed by atoms with Crippen molar-refractivity contribution < 1.29 is 14.5 Å². The number of nitrogens with one attached hydrogen (secondary N) is 1. The Morgan fingerprint density at radius 2 is 2.08 bits per heavy atom. The number of benzene rings is 2. The molecule has 0 atom stereocenters. The summed E-state index contributed by atoms with van der Waals surface area (Å²) in [4.78, 5) is 22.4. The van der Waals surface area contributed by atoms with Gasteiger partial charge in [-0.2, -0.15) is 0 Å². The largest absolute Gasteiger partial charge is 0.491 e. The van der Waals surface area contributed by atoms with Crippen LogP contribution in [0.25, 0.3) is 6.08 Å². The third-order valence-electron chi connectivity index (χ3n) is 3.20. The van der Waals surface area contributed by atoms with Crippen molar-refractivity contribution in [2.24, 2.45) is 0 Å². The minimum absolute atomic E-state index is 0.0496. The molecule has 0 aliphatic heterocycles. The highest BCUT2D eigenvalue weighted by Gasteiger charge is 2.12. The first-order valence-electron chi connectivity index (χ1n) is 7.66. The molecule has 130 valence electrons. The second-order valence-electron chi connectivity index (χ2n) is 5.14. The molecule has 0 radical (unpaired) electrons. The molecule has 6 nitrogen and oxygen atoms in total. The number of halogens is 1. The minimum Gasteiger partial charge on any atom is -0.491 e. The van der Waals surface area contributed by atoms with E-state index in [1.807, 2.05) is 13.0 Å². The smallest absolute Gasteiger partial charge is 0.288 e. The number of nitro benzene ring substituents is 1. The molecule has 0 aliphatic carbocycles. The Bertz CT molecular complexity index is 805. The fraction of sp³-hybridized carbons (Fsp3) is 0.167. The summed E-state index contributed by atoms with van der Waals surface area (Å²) >= 11 is 5.76. The predicted molar refractivity (Wildman–Crippen MR) is 98.0 cm³/mol. The van der Waals surface area contributed by atoms with Crippen molar-refractivity contribution >= 4 is 35.0 Å². The molecule has 0 aromatic heterocycles. The van der Waals surface area contributed by atoms with Gasteiger partial charge in [0, 0.05) is 12.1 Å². The molecule has 0 saturated carbocycles. The number of hydrogen-bond donors (Lipinski definition) is 1. The summed E-state index contributed by atoms with van der Waals surface area (Å²) in [5.41, 5.74) is 0.858. The Labute approximate surface area is 150 Å². The van der Waals surface area contributed by atoms with Crippen molar-refractivity contribution in [3.63, 3.8) is 0 Å². The number of carbonyl (C=O) groups excluding carboxylic acids is 1. The van der Waals surface area contributed by atoms with Gasteiger partial charge >= 0.3 is 0 Å². The van der Waals surface area contributed by atoms with Crippen LogP contribution in [0, 0.1) is 10.1 Å². The van der Waals surface area contributed by atoms with Crippen molar-refractivity contribution in [2.75, 3.05) is 11.9 Å². The van der Waals surface area contributed by atoms with Crippen LogP contribution < -0.4 is 10.1 Å². The van der Waals surface area contributed by atoms with Gasteiger partial charge in [-0.1, -0.05) is 36.7 Å². The van der Waals surface area contributed by atoms with E-state index in [1.165, 1.54) is 24.3 Å². The molecule has 1 amide bonds. The average Bonchev–Trinajstić information content (AvgIpc) is 2.60. The van der Waals surface area contributed by atoms with Gasteiger partial charge in [0.15, 0.2) is 0 Å². The van der Waals surface area contributed by atoms with E-state index in [0.717, 1.165) is 6.42 Å². The zero-order valence-electron chi connectivity index (χ0n) is 13.6. The number of para-hydroxylation sites is 2. The molecule has 2 rings (SSSR count). The Morgan fingerprint density at radius 1 is 1.32 bits per heavy atom. The van der Waals surface area contributed by atoms with Gasteiger partial charge < -0.3 is 10.1 Å². The van der Waals surface area contributed by atoms with Crippen LogP contribution in [-0.4, -0.2) is 17.4 Å². The lowest BCUT2D eigenvalue weighted by atomic mass is 10.2. The summed E-state index contributed by atoms with van der Waals surface area (Å²) in [6.45, 7) is 2.55. The van der Waals surface area contributed by atoms with Crippen LogP contribution >= 0.6 is 11.6 Å². The summed E-state index contributed by atoms with van der Waals surface area (Å²) in [6.07, 6.45) is 3.63. The molecule has 7 heteroatoms. The number of ether oxygens (including phenoxy) is 1. The lowest BCUT2D eigenvalue weighted by Gasteiger charge is -2.10. The molecule has 0 spiro atoms. The summed E-state index contributed by atoms with van der Waals surface area (Å²) in [5, 5.41) is 13.7. The zero-order valence-corrected chi connectivity index (χ0v) is 14.3. The number of anilines is 1. The second kappa shape index (κ2) is 8.84. The number of hydrogen-bond acceptors (Lipinski definition) is 4. The van der Waals surface area contributed by atoms with Gasteiger partial charge in [0.05, 0.1) is 17.2 Å². The molecule has 0 heterocycles. The maximum Gasteiger partial charge on any atom is 0.288 e. The van der Waals surface area contributed by atoms with Gasteiger partial charge in [0.2, 0.25) is 5.91 Å². The third-order valence-corrected chi connectivity index (χ3v) is 3.52. The van der Waals surface area contributed by atoms with Gasteiger partial charge in [0.1, 0.15) is 10.8 Å². The molecule has 0 aliphatic rings. The number of amides is 1. The van der Waals surface area contributed by atoms with E-state index >= 15 is 0 Å². The predicted octanol–water partition coefficient (Wildman–Crippen LogP) is 4.69. The lowest BCUT2D eigenvalue weighted by Crippen LogP contribution is -2.09. The Balaban J connectivity index is 2.09. The molecular weight excluding hydrogens is 344 g/mol. The fourth-order valence-corrected chi connectivity index (χ4v) is 2.21. The standard InChI is InChI=1S/C18H17ClN2O4/c1-2-11-25-17-6-4-3-5-15(17)20-18(22)10-8-13-7-9-14(19)16(12-13)21(23)24/h3-10,12H,2,11H2,1H3,(H,20,22)/b10-8+. The van der Waals surface area contributed by atoms with E-state index in [4.69, 9.17) is 16.3 Å². The van der Waals surface area contributed by atoms with Crippen LogP contribution in [0.2, 0.25) is 5.02 Å². The number of nitrogens with zero attached hydrogens (tertiary/aromatic N) is 1. The first-order valence-corrected chi connectivity index (χ1v) is 8.04. The molecule has 0 bridgehead atoms. The van der Waals surface area contributed by atoms with Crippen molar-refractivity contribution in [1.29, 1.82) is 0 Å². The summed E-state index contributed by atoms with van der Waals surface area (Å²) < 4.78 is 5.58. The molecule has 2 aromatic carbocycles. The van der Waals surface area contributed by atoms with E-state index in [-0.39, 0.29) is 16.6 Å². The quantitative estimate of drug-likeness (QED) is 0.441. The van der Waals surface area contributed by atoms with Crippen LogP contribution in [0.4, 0.5) is 11.4 Å². The van der Waals surface area contributed by atoms with Crippen molar-refractivity contribution in [3.8, 4) is 5.75 Å². The van der Waals surface area contributed by atoms with Gasteiger partial charge in [-0.3, -0.25) is 14.9 Å². The van der Waals surface area contributed by atoms with E-state index in [0.29, 0.717) is 23.6 Å². The van der Waals surface area contributed by atoms with Gasteiger partial charge in [-0.05, 0) is 36.3 Å². The zero-order chi connectivity index (χ0) is 18.2. The summed E-state index contributed by atoms with van der Waals surface area (Å²) in [6, 6.07) is 11.5. The second-order valence-corrected chi connectivity index (χ2v) is 5.54. The summed E-state index contributed by atoms with van der Waals surface area (Å²) in [7, 11) is 0. The molecule has 1 N–H and O–H groups in total. The van der Waals surface area contributed by atoms with E-state index < -0.39 is 4.92 Å². The number of carbonyl (C=O) groups is 1. The van der Waals surface area contributed by atoms with E-state index in [2.05, 4.69) is 5.32 Å². The van der Waals surface area contributed by atoms with Crippen LogP contribution in [-0.2, 0) is 4.79 Å². The fourth-order valence-electron chi connectivity index (χ4n) is 2.03. The minimum atomic E-state index is -0.568.